The Balaban J connectivity index is 1.53. The highest BCUT2D eigenvalue weighted by Crippen LogP contribution is 2.33. The molecule has 1 aliphatic rings. The molecular formula is C26H26O13. The first kappa shape index (κ1) is 27.9. The minimum atomic E-state index is -1.76. The van der Waals surface area contributed by atoms with Gasteiger partial charge in [0, 0.05) is 12.1 Å². The second-order valence-electron chi connectivity index (χ2n) is 8.59. The molecule has 1 aliphatic heterocycles. The van der Waals surface area contributed by atoms with E-state index in [1.165, 1.54) is 19.4 Å². The van der Waals surface area contributed by atoms with Crippen molar-refractivity contribution in [3.63, 3.8) is 0 Å². The summed E-state index contributed by atoms with van der Waals surface area (Å²) in [6.07, 6.45) is -7.54. The van der Waals surface area contributed by atoms with E-state index >= 15 is 0 Å². The molecular weight excluding hydrogens is 520 g/mol. The summed E-state index contributed by atoms with van der Waals surface area (Å²) in [6, 6.07) is 9.03. The highest BCUT2D eigenvalue weighted by molar-refractivity contribution is 5.91. The summed E-state index contributed by atoms with van der Waals surface area (Å²) in [4.78, 5) is 36.0. The fraction of sp³-hybridized carbons (Fsp3) is 0.346. The van der Waals surface area contributed by atoms with Gasteiger partial charge in [0.1, 0.15) is 71.9 Å². The lowest BCUT2D eigenvalue weighted by molar-refractivity contribution is -0.278. The Morgan fingerprint density at radius 2 is 1.67 bits per heavy atom. The lowest BCUT2D eigenvalue weighted by atomic mass is 9.99. The quantitative estimate of drug-likeness (QED) is 0.225. The summed E-state index contributed by atoms with van der Waals surface area (Å²) in [5.41, 5.74) is 0.191. The Bertz CT molecular complexity index is 1400. The van der Waals surface area contributed by atoms with Crippen LogP contribution < -0.4 is 14.9 Å². The number of aliphatic hydroxyl groups excluding tert-OH is 3. The minimum Gasteiger partial charge on any atom is -0.507 e. The molecule has 208 valence electrons. The van der Waals surface area contributed by atoms with E-state index < -0.39 is 66.9 Å². The number of carbonyl (C=O) groups is 2. The summed E-state index contributed by atoms with van der Waals surface area (Å²) < 4.78 is 31.0. The number of benzene rings is 2. The zero-order valence-corrected chi connectivity index (χ0v) is 20.8. The van der Waals surface area contributed by atoms with Crippen molar-refractivity contribution in [1.29, 1.82) is 0 Å². The number of carbonyl (C=O) groups excluding carboxylic acids is 2. The number of hydrogen-bond acceptors (Lipinski definition) is 13. The van der Waals surface area contributed by atoms with Crippen LogP contribution in [0.15, 0.2) is 51.9 Å². The van der Waals surface area contributed by atoms with Crippen molar-refractivity contribution in [2.45, 2.75) is 37.1 Å². The Morgan fingerprint density at radius 1 is 0.949 bits per heavy atom. The highest BCUT2D eigenvalue weighted by Gasteiger charge is 2.45. The van der Waals surface area contributed by atoms with Gasteiger partial charge >= 0.3 is 11.9 Å². The summed E-state index contributed by atoms with van der Waals surface area (Å²) in [5.74, 6) is -1.78. The third-order valence-corrected chi connectivity index (χ3v) is 6.08. The lowest BCUT2D eigenvalue weighted by Crippen LogP contribution is -2.60. The van der Waals surface area contributed by atoms with Gasteiger partial charge in [0.25, 0.3) is 0 Å². The molecule has 2 heterocycles. The molecule has 0 saturated carbocycles. The van der Waals surface area contributed by atoms with Gasteiger partial charge in [0.2, 0.25) is 11.7 Å². The maximum absolute atomic E-state index is 13.1. The largest absolute Gasteiger partial charge is 0.507 e. The number of ether oxygens (including phenoxy) is 5. The molecule has 0 spiro atoms. The van der Waals surface area contributed by atoms with Crippen LogP contribution in [0.1, 0.15) is 6.42 Å². The summed E-state index contributed by atoms with van der Waals surface area (Å²) in [6.45, 7) is -0.577. The van der Waals surface area contributed by atoms with E-state index in [1.54, 1.807) is 24.3 Å². The molecule has 1 aromatic heterocycles. The molecule has 1 saturated heterocycles. The molecule has 3 aromatic rings. The van der Waals surface area contributed by atoms with Crippen LogP contribution in [-0.4, -0.2) is 83.9 Å². The summed E-state index contributed by atoms with van der Waals surface area (Å²) in [7, 11) is 2.61. The van der Waals surface area contributed by atoms with Crippen molar-refractivity contribution in [1.82, 2.24) is 0 Å². The summed E-state index contributed by atoms with van der Waals surface area (Å²) in [5, 5.41) is 41.4. The van der Waals surface area contributed by atoms with Gasteiger partial charge in [-0.2, -0.15) is 0 Å². The van der Waals surface area contributed by atoms with Gasteiger partial charge in [-0.05, 0) is 17.7 Å². The maximum atomic E-state index is 13.1. The van der Waals surface area contributed by atoms with Crippen molar-refractivity contribution in [2.75, 3.05) is 20.8 Å². The first-order valence-electron chi connectivity index (χ1n) is 11.6. The van der Waals surface area contributed by atoms with E-state index in [-0.39, 0.29) is 22.3 Å². The van der Waals surface area contributed by atoms with Crippen molar-refractivity contribution < 1.29 is 58.1 Å². The van der Waals surface area contributed by atoms with Gasteiger partial charge in [-0.1, -0.05) is 12.1 Å². The Hall–Kier alpha value is -4.17. The number of fused-ring (bicyclic) bond motifs is 1. The van der Waals surface area contributed by atoms with E-state index in [4.69, 9.17) is 23.4 Å². The molecule has 5 atom stereocenters. The topological polar surface area (TPSA) is 191 Å². The van der Waals surface area contributed by atoms with E-state index in [0.29, 0.717) is 11.3 Å². The molecule has 0 bridgehead atoms. The molecule has 2 aromatic carbocycles. The molecule has 1 fully saturated rings. The van der Waals surface area contributed by atoms with Crippen LogP contribution in [0, 0.1) is 0 Å². The number of aromatic hydroxyl groups is 1. The van der Waals surface area contributed by atoms with E-state index in [0.717, 1.165) is 13.2 Å². The van der Waals surface area contributed by atoms with Crippen LogP contribution in [0.5, 0.6) is 17.2 Å². The average molecular weight is 546 g/mol. The first-order chi connectivity index (χ1) is 18.6. The van der Waals surface area contributed by atoms with Crippen molar-refractivity contribution >= 4 is 22.9 Å². The van der Waals surface area contributed by atoms with Gasteiger partial charge < -0.3 is 48.5 Å². The predicted molar refractivity (Wildman–Crippen MR) is 131 cm³/mol. The number of aliphatic hydroxyl groups is 3. The Kier molecular flexibility index (Phi) is 8.35. The van der Waals surface area contributed by atoms with Gasteiger partial charge in [0.15, 0.2) is 0 Å². The second-order valence-corrected chi connectivity index (χ2v) is 8.59. The standard InChI is InChI=1S/C26H26O13/c1-34-13-5-3-12(4-6-13)15-10-36-17-8-14(7-16(27)21(17)22(15)30)38-26-25(33)24(32)23(31)18(39-26)11-37-20(29)9-19(28)35-2/h3-8,10,18,23-27,31-33H,9,11H2,1-2H3. The highest BCUT2D eigenvalue weighted by atomic mass is 16.7. The van der Waals surface area contributed by atoms with E-state index in [1.807, 2.05) is 0 Å². The monoisotopic (exact) mass is 546 g/mol. The number of esters is 2. The number of phenols is 1. The summed E-state index contributed by atoms with van der Waals surface area (Å²) >= 11 is 0. The predicted octanol–water partition coefficient (Wildman–Crippen LogP) is 0.467. The molecule has 39 heavy (non-hydrogen) atoms. The van der Waals surface area contributed by atoms with Gasteiger partial charge in [0.05, 0.1) is 19.8 Å². The zero-order chi connectivity index (χ0) is 28.3. The van der Waals surface area contributed by atoms with Crippen LogP contribution in [0.2, 0.25) is 0 Å². The molecule has 0 aliphatic carbocycles. The molecule has 4 rings (SSSR count). The molecule has 0 radical (unpaired) electrons. The SMILES string of the molecule is COC(=O)CC(=O)OCC1OC(Oc2cc(O)c3c(=O)c(-c4ccc(OC)cc4)coc3c2)C(O)C(O)C1O. The second kappa shape index (κ2) is 11.7. The van der Waals surface area contributed by atoms with Gasteiger partial charge in [-0.15, -0.1) is 0 Å². The van der Waals surface area contributed by atoms with Crippen molar-refractivity contribution in [2.24, 2.45) is 0 Å². The van der Waals surface area contributed by atoms with Crippen LogP contribution >= 0.6 is 0 Å². The van der Waals surface area contributed by atoms with Crippen molar-refractivity contribution in [3.8, 4) is 28.4 Å². The molecule has 0 amide bonds. The van der Waals surface area contributed by atoms with Crippen LogP contribution in [0.25, 0.3) is 22.1 Å². The van der Waals surface area contributed by atoms with E-state index in [9.17, 15) is 34.8 Å². The fourth-order valence-electron chi connectivity index (χ4n) is 3.95. The Morgan fingerprint density at radius 3 is 2.33 bits per heavy atom. The number of rotatable bonds is 8. The normalized spacial score (nSPS) is 22.7. The molecule has 5 unspecified atom stereocenters. The van der Waals surface area contributed by atoms with Crippen LogP contribution in [-0.2, 0) is 23.8 Å². The molecule has 13 heteroatoms. The van der Waals surface area contributed by atoms with E-state index in [2.05, 4.69) is 4.74 Å². The fourth-order valence-corrected chi connectivity index (χ4v) is 3.95. The average Bonchev–Trinajstić information content (AvgIpc) is 2.92. The smallest absolute Gasteiger partial charge is 0.317 e. The third kappa shape index (κ3) is 5.96. The maximum Gasteiger partial charge on any atom is 0.317 e. The van der Waals surface area contributed by atoms with Crippen LogP contribution in [0.3, 0.4) is 0 Å². The number of phenolic OH excluding ortho intramolecular Hbond substituents is 1. The minimum absolute atomic E-state index is 0.0357. The van der Waals surface area contributed by atoms with Gasteiger partial charge in [-0.3, -0.25) is 14.4 Å². The number of hydrogen-bond donors (Lipinski definition) is 4. The first-order valence-corrected chi connectivity index (χ1v) is 11.6. The number of methoxy groups -OCH3 is 2. The zero-order valence-electron chi connectivity index (χ0n) is 20.8. The Labute approximate surface area is 220 Å². The van der Waals surface area contributed by atoms with Gasteiger partial charge in [-0.25, -0.2) is 0 Å². The lowest BCUT2D eigenvalue weighted by Gasteiger charge is -2.39. The molecule has 4 N–H and O–H groups in total. The molecule has 13 nitrogen and oxygen atoms in total. The van der Waals surface area contributed by atoms with Crippen molar-refractivity contribution in [3.05, 3.63) is 52.9 Å². The van der Waals surface area contributed by atoms with Crippen LogP contribution in [0.4, 0.5) is 0 Å². The third-order valence-electron chi connectivity index (χ3n) is 6.08.